The van der Waals surface area contributed by atoms with E-state index < -0.39 is 10.5 Å². The normalized spacial score (nSPS) is 12.3. The molecule has 0 amide bonds. The predicted octanol–water partition coefficient (Wildman–Crippen LogP) is 1.26. The summed E-state index contributed by atoms with van der Waals surface area (Å²) in [5.74, 6) is -0.366. The Balaban J connectivity index is 3.25. The Morgan fingerprint density at radius 1 is 1.61 bits per heavy atom. The van der Waals surface area contributed by atoms with E-state index in [0.29, 0.717) is 0 Å². The van der Waals surface area contributed by atoms with Crippen LogP contribution in [0.5, 0.6) is 5.88 Å². The Morgan fingerprint density at radius 3 is 2.67 bits per heavy atom. The standard InChI is InChI=1S/C10H14N4O4/c1-10(2,3)18-9-7(14(16)17)4-6(5-12-9)8(11)13-15/h4-5,15H,1-3H3,(H2,11,13). The fourth-order valence-corrected chi connectivity index (χ4v) is 1.14. The molecule has 0 spiro atoms. The maximum Gasteiger partial charge on any atom is 0.331 e. The molecule has 0 atom stereocenters. The van der Waals surface area contributed by atoms with E-state index in [1.165, 1.54) is 6.20 Å². The Morgan fingerprint density at radius 2 is 2.22 bits per heavy atom. The summed E-state index contributed by atoms with van der Waals surface area (Å²) in [5, 5.41) is 22.2. The van der Waals surface area contributed by atoms with E-state index in [-0.39, 0.29) is 23.0 Å². The molecular weight excluding hydrogens is 240 g/mol. The highest BCUT2D eigenvalue weighted by Gasteiger charge is 2.23. The number of pyridine rings is 1. The van der Waals surface area contributed by atoms with Gasteiger partial charge in [-0.05, 0) is 20.8 Å². The molecule has 1 rings (SSSR count). The summed E-state index contributed by atoms with van der Waals surface area (Å²) in [5.41, 5.74) is 4.53. The van der Waals surface area contributed by atoms with Crippen LogP contribution < -0.4 is 10.5 Å². The second-order valence-corrected chi connectivity index (χ2v) is 4.51. The van der Waals surface area contributed by atoms with Crippen molar-refractivity contribution >= 4 is 11.5 Å². The second-order valence-electron chi connectivity index (χ2n) is 4.51. The Kier molecular flexibility index (Phi) is 3.70. The number of amidine groups is 1. The van der Waals surface area contributed by atoms with Crippen LogP contribution in [0.15, 0.2) is 17.4 Å². The smallest absolute Gasteiger partial charge is 0.331 e. The topological polar surface area (TPSA) is 124 Å². The highest BCUT2D eigenvalue weighted by molar-refractivity contribution is 5.97. The van der Waals surface area contributed by atoms with Gasteiger partial charge in [0.05, 0.1) is 4.92 Å². The van der Waals surface area contributed by atoms with Gasteiger partial charge in [0.25, 0.3) is 5.88 Å². The number of nitro groups is 1. The molecule has 0 unspecified atom stereocenters. The quantitative estimate of drug-likeness (QED) is 0.275. The monoisotopic (exact) mass is 254 g/mol. The maximum absolute atomic E-state index is 10.9. The maximum atomic E-state index is 10.9. The van der Waals surface area contributed by atoms with Crippen LogP contribution >= 0.6 is 0 Å². The van der Waals surface area contributed by atoms with Crippen LogP contribution in [0.25, 0.3) is 0 Å². The molecule has 18 heavy (non-hydrogen) atoms. The van der Waals surface area contributed by atoms with Crippen molar-refractivity contribution in [2.45, 2.75) is 26.4 Å². The minimum absolute atomic E-state index is 0.109. The Hall–Kier alpha value is -2.38. The van der Waals surface area contributed by atoms with Crippen LogP contribution in [0.1, 0.15) is 26.3 Å². The molecule has 1 heterocycles. The van der Waals surface area contributed by atoms with Crippen molar-refractivity contribution < 1.29 is 14.9 Å². The molecule has 0 aliphatic rings. The van der Waals surface area contributed by atoms with Crippen molar-refractivity contribution in [1.82, 2.24) is 4.98 Å². The average Bonchev–Trinajstić information content (AvgIpc) is 2.26. The Labute approximate surface area is 103 Å². The van der Waals surface area contributed by atoms with E-state index in [4.69, 9.17) is 15.7 Å². The van der Waals surface area contributed by atoms with E-state index in [0.717, 1.165) is 6.07 Å². The summed E-state index contributed by atoms with van der Waals surface area (Å²) in [7, 11) is 0. The SMILES string of the molecule is CC(C)(C)Oc1ncc(C(N)=NO)cc1[N+](=O)[O-]. The summed E-state index contributed by atoms with van der Waals surface area (Å²) in [6.45, 7) is 5.24. The number of ether oxygens (including phenoxy) is 1. The van der Waals surface area contributed by atoms with Crippen LogP contribution in [0.2, 0.25) is 0 Å². The second kappa shape index (κ2) is 4.86. The number of hydrogen-bond donors (Lipinski definition) is 2. The number of rotatable bonds is 3. The van der Waals surface area contributed by atoms with Gasteiger partial charge in [-0.15, -0.1) is 0 Å². The molecule has 0 aromatic carbocycles. The molecule has 0 saturated heterocycles. The zero-order valence-electron chi connectivity index (χ0n) is 10.2. The van der Waals surface area contributed by atoms with Gasteiger partial charge in [-0.25, -0.2) is 4.98 Å². The molecule has 3 N–H and O–H groups in total. The zero-order valence-corrected chi connectivity index (χ0v) is 10.2. The van der Waals surface area contributed by atoms with Gasteiger partial charge in [0, 0.05) is 17.8 Å². The molecule has 0 saturated carbocycles. The molecule has 98 valence electrons. The van der Waals surface area contributed by atoms with Gasteiger partial charge in [-0.1, -0.05) is 5.16 Å². The van der Waals surface area contributed by atoms with Crippen LogP contribution in [0.3, 0.4) is 0 Å². The number of nitrogens with zero attached hydrogens (tertiary/aromatic N) is 3. The molecule has 8 nitrogen and oxygen atoms in total. The number of nitrogens with two attached hydrogens (primary N) is 1. The number of hydrogen-bond acceptors (Lipinski definition) is 6. The first-order valence-corrected chi connectivity index (χ1v) is 5.06. The van der Waals surface area contributed by atoms with Crippen molar-refractivity contribution in [2.24, 2.45) is 10.9 Å². The van der Waals surface area contributed by atoms with Crippen molar-refractivity contribution in [3.63, 3.8) is 0 Å². The molecule has 0 aliphatic carbocycles. The van der Waals surface area contributed by atoms with Crippen LogP contribution in [-0.4, -0.2) is 26.6 Å². The summed E-state index contributed by atoms with van der Waals surface area (Å²) in [6.07, 6.45) is 1.24. The summed E-state index contributed by atoms with van der Waals surface area (Å²) >= 11 is 0. The molecule has 0 radical (unpaired) electrons. The predicted molar refractivity (Wildman–Crippen MR) is 63.8 cm³/mol. The average molecular weight is 254 g/mol. The summed E-state index contributed by atoms with van der Waals surface area (Å²) < 4.78 is 5.37. The van der Waals surface area contributed by atoms with Crippen LogP contribution in [-0.2, 0) is 0 Å². The molecular formula is C10H14N4O4. The summed E-state index contributed by atoms with van der Waals surface area (Å²) in [6, 6.07) is 1.14. The molecule has 0 aliphatic heterocycles. The van der Waals surface area contributed by atoms with Crippen molar-refractivity contribution in [1.29, 1.82) is 0 Å². The fourth-order valence-electron chi connectivity index (χ4n) is 1.14. The van der Waals surface area contributed by atoms with Gasteiger partial charge in [-0.2, -0.15) is 0 Å². The van der Waals surface area contributed by atoms with E-state index in [1.54, 1.807) is 20.8 Å². The zero-order chi connectivity index (χ0) is 13.9. The van der Waals surface area contributed by atoms with Crippen molar-refractivity contribution in [3.05, 3.63) is 27.9 Å². The molecule has 8 heteroatoms. The van der Waals surface area contributed by atoms with E-state index >= 15 is 0 Å². The largest absolute Gasteiger partial charge is 0.467 e. The first-order valence-electron chi connectivity index (χ1n) is 5.06. The Bertz CT molecular complexity index is 493. The van der Waals surface area contributed by atoms with Gasteiger partial charge < -0.3 is 15.7 Å². The minimum atomic E-state index is -0.637. The lowest BCUT2D eigenvalue weighted by molar-refractivity contribution is -0.386. The van der Waals surface area contributed by atoms with E-state index in [2.05, 4.69) is 10.1 Å². The number of aromatic nitrogens is 1. The van der Waals surface area contributed by atoms with Crippen LogP contribution in [0.4, 0.5) is 5.69 Å². The van der Waals surface area contributed by atoms with Gasteiger partial charge >= 0.3 is 5.69 Å². The highest BCUT2D eigenvalue weighted by atomic mass is 16.6. The molecule has 1 aromatic heterocycles. The molecule has 0 bridgehead atoms. The lowest BCUT2D eigenvalue weighted by Gasteiger charge is -2.20. The lowest BCUT2D eigenvalue weighted by Crippen LogP contribution is -2.24. The molecule has 1 aromatic rings. The van der Waals surface area contributed by atoms with E-state index in [9.17, 15) is 10.1 Å². The van der Waals surface area contributed by atoms with Crippen molar-refractivity contribution in [3.8, 4) is 5.88 Å². The third-order valence-electron chi connectivity index (χ3n) is 1.84. The number of oxime groups is 1. The first-order chi connectivity index (χ1) is 8.24. The van der Waals surface area contributed by atoms with Gasteiger partial charge in [0.1, 0.15) is 5.60 Å². The van der Waals surface area contributed by atoms with Gasteiger partial charge in [-0.3, -0.25) is 10.1 Å². The highest BCUT2D eigenvalue weighted by Crippen LogP contribution is 2.28. The lowest BCUT2D eigenvalue weighted by atomic mass is 10.2. The van der Waals surface area contributed by atoms with Crippen molar-refractivity contribution in [2.75, 3.05) is 0 Å². The van der Waals surface area contributed by atoms with Crippen LogP contribution in [0, 0.1) is 10.1 Å². The third-order valence-corrected chi connectivity index (χ3v) is 1.84. The first kappa shape index (κ1) is 13.7. The third kappa shape index (κ3) is 3.30. The summed E-state index contributed by atoms with van der Waals surface area (Å²) in [4.78, 5) is 14.1. The van der Waals surface area contributed by atoms with Gasteiger partial charge in [0.15, 0.2) is 5.84 Å². The minimum Gasteiger partial charge on any atom is -0.467 e. The van der Waals surface area contributed by atoms with E-state index in [1.807, 2.05) is 0 Å². The molecule has 0 fully saturated rings. The van der Waals surface area contributed by atoms with Gasteiger partial charge in [0.2, 0.25) is 0 Å². The fraction of sp³-hybridized carbons (Fsp3) is 0.400.